The van der Waals surface area contributed by atoms with E-state index in [4.69, 9.17) is 11.6 Å². The largest absolute Gasteiger partial charge is 0.333 e. The number of aromatic nitrogens is 2. The number of ketones is 1. The Labute approximate surface area is 157 Å². The molecule has 1 aromatic carbocycles. The fourth-order valence-corrected chi connectivity index (χ4v) is 3.86. The number of fused-ring (bicyclic) bond motifs is 3. The highest BCUT2D eigenvalue weighted by Gasteiger charge is 2.35. The molecule has 0 aliphatic heterocycles. The molecule has 132 valence electrons. The molecule has 1 aliphatic rings. The van der Waals surface area contributed by atoms with Crippen LogP contribution in [-0.2, 0) is 0 Å². The molecule has 3 aromatic rings. The van der Waals surface area contributed by atoms with Crippen LogP contribution in [0.1, 0.15) is 15.9 Å². The zero-order chi connectivity index (χ0) is 18.4. The van der Waals surface area contributed by atoms with Crippen molar-refractivity contribution >= 4 is 40.4 Å². The summed E-state index contributed by atoms with van der Waals surface area (Å²) >= 11 is 7.41. The van der Waals surface area contributed by atoms with Crippen molar-refractivity contribution in [2.75, 3.05) is 19.4 Å². The van der Waals surface area contributed by atoms with E-state index >= 15 is 0 Å². The van der Waals surface area contributed by atoms with Crippen LogP contribution in [0.5, 0.6) is 0 Å². The average Bonchev–Trinajstić information content (AvgIpc) is 3.24. The monoisotopic (exact) mass is 387 g/mol. The van der Waals surface area contributed by atoms with Crippen LogP contribution >= 0.6 is 22.9 Å². The second-order valence-corrected chi connectivity index (χ2v) is 7.52. The third kappa shape index (κ3) is 2.68. The number of benzene rings is 1. The number of nitrogens with one attached hydrogen (secondary N) is 3. The molecular weight excluding hydrogens is 374 g/mol. The topological polar surface area (TPSA) is 90.1 Å². The Balaban J connectivity index is 1.76. The van der Waals surface area contributed by atoms with Crippen LogP contribution in [0.4, 0.5) is 10.5 Å². The van der Waals surface area contributed by atoms with Crippen molar-refractivity contribution < 1.29 is 9.59 Å². The SMILES string of the molecule is CN(C)NC(=O)Nc1cccc2c1C(=O)c1c-2n[nH]c1-c1csc(Cl)c1. The molecule has 2 heterocycles. The van der Waals surface area contributed by atoms with E-state index < -0.39 is 6.03 Å². The van der Waals surface area contributed by atoms with Gasteiger partial charge in [0.05, 0.1) is 26.8 Å². The number of H-pyrrole nitrogens is 1. The van der Waals surface area contributed by atoms with Gasteiger partial charge in [-0.3, -0.25) is 15.3 Å². The molecule has 3 N–H and O–H groups in total. The van der Waals surface area contributed by atoms with Crippen molar-refractivity contribution in [3.8, 4) is 22.5 Å². The van der Waals surface area contributed by atoms with Gasteiger partial charge >= 0.3 is 6.03 Å². The molecule has 0 spiro atoms. The molecule has 26 heavy (non-hydrogen) atoms. The first-order valence-electron chi connectivity index (χ1n) is 7.71. The van der Waals surface area contributed by atoms with Gasteiger partial charge in [-0.15, -0.1) is 11.3 Å². The fraction of sp³-hybridized carbons (Fsp3) is 0.118. The summed E-state index contributed by atoms with van der Waals surface area (Å²) in [5, 5.41) is 13.4. The molecule has 0 fully saturated rings. The van der Waals surface area contributed by atoms with E-state index in [0.717, 1.165) is 5.56 Å². The predicted octanol–water partition coefficient (Wildman–Crippen LogP) is 3.60. The second-order valence-electron chi connectivity index (χ2n) is 5.98. The lowest BCUT2D eigenvalue weighted by Crippen LogP contribution is -2.39. The second kappa shape index (κ2) is 6.24. The van der Waals surface area contributed by atoms with E-state index in [1.165, 1.54) is 16.3 Å². The van der Waals surface area contributed by atoms with Crippen molar-refractivity contribution in [1.82, 2.24) is 20.6 Å². The summed E-state index contributed by atoms with van der Waals surface area (Å²) < 4.78 is 0.633. The third-order valence-electron chi connectivity index (χ3n) is 3.97. The molecule has 0 unspecified atom stereocenters. The molecule has 9 heteroatoms. The van der Waals surface area contributed by atoms with Gasteiger partial charge in [-0.25, -0.2) is 9.80 Å². The van der Waals surface area contributed by atoms with E-state index in [2.05, 4.69) is 20.9 Å². The van der Waals surface area contributed by atoms with E-state index in [1.807, 2.05) is 11.4 Å². The lowest BCUT2D eigenvalue weighted by atomic mass is 10.1. The van der Waals surface area contributed by atoms with E-state index in [0.29, 0.717) is 38.1 Å². The standard InChI is InChI=1S/C17H14ClN5O2S/c1-23(2)22-17(25)19-10-5-3-4-9-12(10)16(24)13-14(20-21-15(9)13)8-6-11(18)26-7-8/h3-7H,1-2H3,(H,20,21)(H2,19,22,25). The fourth-order valence-electron chi connectivity index (χ4n) is 2.98. The van der Waals surface area contributed by atoms with Gasteiger partial charge in [-0.2, -0.15) is 5.10 Å². The number of carbonyl (C=O) groups is 2. The van der Waals surface area contributed by atoms with Gasteiger partial charge in [0, 0.05) is 30.6 Å². The average molecular weight is 388 g/mol. The predicted molar refractivity (Wildman–Crippen MR) is 102 cm³/mol. The molecule has 2 aromatic heterocycles. The number of hydrogen-bond acceptors (Lipinski definition) is 5. The van der Waals surface area contributed by atoms with Gasteiger partial charge in [0.15, 0.2) is 5.78 Å². The molecule has 0 saturated carbocycles. The Bertz CT molecular complexity index is 1040. The molecule has 2 amide bonds. The minimum absolute atomic E-state index is 0.179. The van der Waals surface area contributed by atoms with Crippen LogP contribution in [0.2, 0.25) is 4.34 Å². The van der Waals surface area contributed by atoms with Gasteiger partial charge in [-0.05, 0) is 12.1 Å². The van der Waals surface area contributed by atoms with Crippen LogP contribution in [0.15, 0.2) is 29.6 Å². The first-order chi connectivity index (χ1) is 12.5. The molecule has 0 saturated heterocycles. The Morgan fingerprint density at radius 1 is 1.31 bits per heavy atom. The minimum Gasteiger partial charge on any atom is -0.306 e. The molecule has 0 atom stereocenters. The highest BCUT2D eigenvalue weighted by molar-refractivity contribution is 7.14. The van der Waals surface area contributed by atoms with Crippen LogP contribution in [0, 0.1) is 0 Å². The zero-order valence-corrected chi connectivity index (χ0v) is 15.5. The summed E-state index contributed by atoms with van der Waals surface area (Å²) in [4.78, 5) is 25.1. The highest BCUT2D eigenvalue weighted by atomic mass is 35.5. The number of urea groups is 1. The number of rotatable bonds is 3. The first kappa shape index (κ1) is 16.8. The van der Waals surface area contributed by atoms with Crippen LogP contribution in [0.3, 0.4) is 0 Å². The lowest BCUT2D eigenvalue weighted by Gasteiger charge is -2.14. The van der Waals surface area contributed by atoms with Gasteiger partial charge in [0.2, 0.25) is 0 Å². The van der Waals surface area contributed by atoms with Crippen molar-refractivity contribution in [1.29, 1.82) is 0 Å². The summed E-state index contributed by atoms with van der Waals surface area (Å²) in [6.07, 6.45) is 0. The van der Waals surface area contributed by atoms with Gasteiger partial charge in [0.25, 0.3) is 0 Å². The molecule has 1 aliphatic carbocycles. The Morgan fingerprint density at radius 2 is 2.12 bits per heavy atom. The Morgan fingerprint density at radius 3 is 2.81 bits per heavy atom. The number of hydrazine groups is 1. The Kier molecular flexibility index (Phi) is 4.03. The lowest BCUT2D eigenvalue weighted by molar-refractivity contribution is 0.104. The first-order valence-corrected chi connectivity index (χ1v) is 8.97. The summed E-state index contributed by atoms with van der Waals surface area (Å²) in [7, 11) is 3.40. The highest BCUT2D eigenvalue weighted by Crippen LogP contribution is 2.43. The smallest absolute Gasteiger partial charge is 0.306 e. The Hall–Kier alpha value is -2.68. The van der Waals surface area contributed by atoms with Gasteiger partial charge in [0.1, 0.15) is 5.69 Å². The minimum atomic E-state index is -0.424. The van der Waals surface area contributed by atoms with Crippen LogP contribution in [0.25, 0.3) is 22.5 Å². The molecule has 0 radical (unpaired) electrons. The van der Waals surface area contributed by atoms with Gasteiger partial charge < -0.3 is 5.32 Å². The maximum absolute atomic E-state index is 13.1. The summed E-state index contributed by atoms with van der Waals surface area (Å²) in [6.45, 7) is 0. The molecule has 0 bridgehead atoms. The number of anilines is 1. The van der Waals surface area contributed by atoms with Crippen molar-refractivity contribution in [3.63, 3.8) is 0 Å². The number of hydrogen-bond donors (Lipinski definition) is 3. The number of halogens is 1. The summed E-state index contributed by atoms with van der Waals surface area (Å²) in [6, 6.07) is 6.66. The third-order valence-corrected chi connectivity index (χ3v) is 5.06. The molecule has 4 rings (SSSR count). The van der Waals surface area contributed by atoms with E-state index in [9.17, 15) is 9.59 Å². The zero-order valence-electron chi connectivity index (χ0n) is 13.9. The summed E-state index contributed by atoms with van der Waals surface area (Å²) in [5.74, 6) is -0.179. The molecular formula is C17H14ClN5O2S. The van der Waals surface area contributed by atoms with E-state index in [-0.39, 0.29) is 5.78 Å². The van der Waals surface area contributed by atoms with Crippen molar-refractivity contribution in [2.24, 2.45) is 0 Å². The number of amides is 2. The van der Waals surface area contributed by atoms with Crippen molar-refractivity contribution in [3.05, 3.63) is 45.1 Å². The van der Waals surface area contributed by atoms with Crippen molar-refractivity contribution in [2.45, 2.75) is 0 Å². The van der Waals surface area contributed by atoms with Crippen LogP contribution in [-0.4, -0.2) is 41.1 Å². The van der Waals surface area contributed by atoms with Gasteiger partial charge in [-0.1, -0.05) is 23.7 Å². The number of thiophene rings is 1. The number of aromatic amines is 1. The normalized spacial score (nSPS) is 12.2. The summed E-state index contributed by atoms with van der Waals surface area (Å²) in [5.41, 5.74) is 6.69. The maximum atomic E-state index is 13.1. The maximum Gasteiger partial charge on any atom is 0.333 e. The molecule has 7 nitrogen and oxygen atoms in total. The quantitative estimate of drug-likeness (QED) is 0.468. The van der Waals surface area contributed by atoms with Crippen LogP contribution < -0.4 is 10.7 Å². The number of nitrogens with zero attached hydrogens (tertiary/aromatic N) is 2. The number of carbonyl (C=O) groups excluding carboxylic acids is 2. The van der Waals surface area contributed by atoms with E-state index in [1.54, 1.807) is 32.3 Å².